The molecule has 2 heterocycles. The number of fused-ring (bicyclic) bond motifs is 1. The van der Waals surface area contributed by atoms with Crippen LogP contribution in [0.2, 0.25) is 0 Å². The maximum Gasteiger partial charge on any atom is 0.183 e. The molecule has 2 N–H and O–H groups in total. The average molecular weight is 363 g/mol. The number of anilines is 1. The Bertz CT molecular complexity index is 1020. The average Bonchev–Trinajstić information content (AvgIpc) is 3.29. The van der Waals surface area contributed by atoms with E-state index >= 15 is 0 Å². The van der Waals surface area contributed by atoms with E-state index in [0.29, 0.717) is 0 Å². The molecule has 0 aliphatic rings. The second-order valence-corrected chi connectivity index (χ2v) is 7.16. The second-order valence-electron chi connectivity index (χ2n) is 6.31. The van der Waals surface area contributed by atoms with Crippen molar-refractivity contribution in [1.82, 2.24) is 9.97 Å². The van der Waals surface area contributed by atoms with Crippen molar-refractivity contribution in [3.05, 3.63) is 65.2 Å². The van der Waals surface area contributed by atoms with E-state index in [9.17, 15) is 0 Å². The number of ether oxygens (including phenoxy) is 1. The van der Waals surface area contributed by atoms with Crippen LogP contribution in [-0.4, -0.2) is 23.6 Å². The van der Waals surface area contributed by atoms with Crippen LogP contribution in [0.1, 0.15) is 11.1 Å². The van der Waals surface area contributed by atoms with E-state index in [1.807, 2.05) is 12.1 Å². The minimum atomic E-state index is 0.847. The van der Waals surface area contributed by atoms with Gasteiger partial charge in [-0.05, 0) is 31.0 Å². The summed E-state index contributed by atoms with van der Waals surface area (Å²) in [5.41, 5.74) is 5.85. The molecule has 0 amide bonds. The molecule has 4 nitrogen and oxygen atoms in total. The van der Waals surface area contributed by atoms with E-state index in [1.165, 1.54) is 16.5 Å². The molecule has 0 fully saturated rings. The van der Waals surface area contributed by atoms with Gasteiger partial charge in [-0.25, -0.2) is 4.98 Å². The lowest BCUT2D eigenvalue weighted by Crippen LogP contribution is -2.04. The molecule has 5 heteroatoms. The molecule has 2 aromatic carbocycles. The molecule has 0 unspecified atom stereocenters. The predicted molar refractivity (Wildman–Crippen MR) is 109 cm³/mol. The molecule has 0 bridgehead atoms. The maximum atomic E-state index is 5.28. The van der Waals surface area contributed by atoms with Crippen LogP contribution >= 0.6 is 11.3 Å². The minimum absolute atomic E-state index is 0.847. The third-order valence-corrected chi connectivity index (χ3v) is 5.30. The Labute approximate surface area is 156 Å². The highest BCUT2D eigenvalue weighted by Gasteiger charge is 2.07. The molecule has 0 radical (unpaired) electrons. The topological polar surface area (TPSA) is 49.9 Å². The number of aromatic amines is 1. The Hall–Kier alpha value is -2.79. The van der Waals surface area contributed by atoms with Crippen LogP contribution in [0.25, 0.3) is 22.2 Å². The van der Waals surface area contributed by atoms with E-state index in [-0.39, 0.29) is 0 Å². The normalized spacial score (nSPS) is 11.0. The first kappa shape index (κ1) is 16.7. The summed E-state index contributed by atoms with van der Waals surface area (Å²) in [6.07, 6.45) is 3.01. The standard InChI is InChI=1S/C21H21N3OS/c1-14-3-5-15(6-4-14)20-13-26-21(24-20)22-10-9-16-12-23-19-11-17(25-2)7-8-18(16)19/h3-8,11-13,23H,9-10H2,1-2H3,(H,22,24). The third kappa shape index (κ3) is 3.44. The Balaban J connectivity index is 1.40. The Morgan fingerprint density at radius 3 is 2.81 bits per heavy atom. The van der Waals surface area contributed by atoms with Crippen molar-refractivity contribution in [2.75, 3.05) is 19.0 Å². The number of benzene rings is 2. The van der Waals surface area contributed by atoms with Gasteiger partial charge in [0.25, 0.3) is 0 Å². The molecule has 0 aliphatic heterocycles. The van der Waals surface area contributed by atoms with Gasteiger partial charge < -0.3 is 15.0 Å². The predicted octanol–water partition coefficient (Wildman–Crippen LogP) is 5.26. The van der Waals surface area contributed by atoms with E-state index in [0.717, 1.165) is 40.6 Å². The molecule has 0 saturated carbocycles. The monoisotopic (exact) mass is 363 g/mol. The molecule has 132 valence electrons. The van der Waals surface area contributed by atoms with Gasteiger partial charge in [0.05, 0.1) is 12.8 Å². The summed E-state index contributed by atoms with van der Waals surface area (Å²) in [6.45, 7) is 2.94. The summed E-state index contributed by atoms with van der Waals surface area (Å²) >= 11 is 1.65. The fraction of sp³-hybridized carbons (Fsp3) is 0.190. The van der Waals surface area contributed by atoms with Crippen LogP contribution in [0.5, 0.6) is 5.75 Å². The number of hydrogen-bond donors (Lipinski definition) is 2. The molecular weight excluding hydrogens is 342 g/mol. The molecular formula is C21H21N3OS. The van der Waals surface area contributed by atoms with E-state index in [2.05, 4.69) is 59.1 Å². The van der Waals surface area contributed by atoms with Crippen molar-refractivity contribution in [3.63, 3.8) is 0 Å². The SMILES string of the molecule is COc1ccc2c(CCNc3nc(-c4ccc(C)cc4)cs3)c[nH]c2c1. The number of rotatable bonds is 6. The highest BCUT2D eigenvalue weighted by molar-refractivity contribution is 7.14. The number of hydrogen-bond acceptors (Lipinski definition) is 4. The summed E-state index contributed by atoms with van der Waals surface area (Å²) in [5, 5.41) is 7.75. The fourth-order valence-electron chi connectivity index (χ4n) is 3.02. The molecule has 2 aromatic heterocycles. The molecule has 0 spiro atoms. The Morgan fingerprint density at radius 1 is 1.15 bits per heavy atom. The summed E-state index contributed by atoms with van der Waals surface area (Å²) in [4.78, 5) is 8.02. The zero-order chi connectivity index (χ0) is 17.9. The fourth-order valence-corrected chi connectivity index (χ4v) is 3.76. The quantitative estimate of drug-likeness (QED) is 0.491. The van der Waals surface area contributed by atoms with Gasteiger partial charge in [0.1, 0.15) is 5.75 Å². The van der Waals surface area contributed by atoms with E-state index < -0.39 is 0 Å². The number of aromatic nitrogens is 2. The van der Waals surface area contributed by atoms with Crippen molar-refractivity contribution < 1.29 is 4.74 Å². The number of aryl methyl sites for hydroxylation is 1. The van der Waals surface area contributed by atoms with Gasteiger partial charge in [0, 0.05) is 40.7 Å². The zero-order valence-electron chi connectivity index (χ0n) is 14.9. The van der Waals surface area contributed by atoms with Gasteiger partial charge >= 0.3 is 0 Å². The van der Waals surface area contributed by atoms with E-state index in [4.69, 9.17) is 9.72 Å². The van der Waals surface area contributed by atoms with Crippen molar-refractivity contribution in [3.8, 4) is 17.0 Å². The summed E-state index contributed by atoms with van der Waals surface area (Å²) in [7, 11) is 1.69. The van der Waals surface area contributed by atoms with Crippen LogP contribution in [0, 0.1) is 6.92 Å². The molecule has 4 aromatic rings. The van der Waals surface area contributed by atoms with E-state index in [1.54, 1.807) is 18.4 Å². The first-order valence-electron chi connectivity index (χ1n) is 8.63. The van der Waals surface area contributed by atoms with Crippen LogP contribution in [0.3, 0.4) is 0 Å². The first-order valence-corrected chi connectivity index (χ1v) is 9.51. The van der Waals surface area contributed by atoms with Crippen molar-refractivity contribution in [1.29, 1.82) is 0 Å². The lowest BCUT2D eigenvalue weighted by molar-refractivity contribution is 0.415. The third-order valence-electron chi connectivity index (χ3n) is 4.50. The summed E-state index contributed by atoms with van der Waals surface area (Å²) < 4.78 is 5.28. The van der Waals surface area contributed by atoms with Gasteiger partial charge in [0.15, 0.2) is 5.13 Å². The highest BCUT2D eigenvalue weighted by atomic mass is 32.1. The van der Waals surface area contributed by atoms with Crippen molar-refractivity contribution >= 4 is 27.4 Å². The molecule has 0 aliphatic carbocycles. The lowest BCUT2D eigenvalue weighted by Gasteiger charge is -2.03. The van der Waals surface area contributed by atoms with Crippen LogP contribution in [0.15, 0.2) is 54.0 Å². The molecule has 0 atom stereocenters. The number of H-pyrrole nitrogens is 1. The summed E-state index contributed by atoms with van der Waals surface area (Å²) in [5.74, 6) is 0.871. The minimum Gasteiger partial charge on any atom is -0.497 e. The number of nitrogens with one attached hydrogen (secondary N) is 2. The van der Waals surface area contributed by atoms with Gasteiger partial charge in [-0.2, -0.15) is 0 Å². The number of nitrogens with zero attached hydrogens (tertiary/aromatic N) is 1. The second kappa shape index (κ2) is 7.22. The molecule has 4 rings (SSSR count). The molecule has 0 saturated heterocycles. The van der Waals surface area contributed by atoms with Crippen molar-refractivity contribution in [2.45, 2.75) is 13.3 Å². The van der Waals surface area contributed by atoms with Gasteiger partial charge in [-0.15, -0.1) is 11.3 Å². The number of thiazole rings is 1. The molecule has 26 heavy (non-hydrogen) atoms. The van der Waals surface area contributed by atoms with Gasteiger partial charge in [-0.1, -0.05) is 29.8 Å². The Morgan fingerprint density at radius 2 is 2.00 bits per heavy atom. The summed E-state index contributed by atoms with van der Waals surface area (Å²) in [6, 6.07) is 14.6. The first-order chi connectivity index (χ1) is 12.7. The zero-order valence-corrected chi connectivity index (χ0v) is 15.7. The van der Waals surface area contributed by atoms with Crippen LogP contribution in [-0.2, 0) is 6.42 Å². The van der Waals surface area contributed by atoms with Gasteiger partial charge in [-0.3, -0.25) is 0 Å². The largest absolute Gasteiger partial charge is 0.497 e. The maximum absolute atomic E-state index is 5.28. The number of methoxy groups -OCH3 is 1. The Kier molecular flexibility index (Phi) is 4.63. The van der Waals surface area contributed by atoms with Crippen LogP contribution in [0.4, 0.5) is 5.13 Å². The highest BCUT2D eigenvalue weighted by Crippen LogP contribution is 2.26. The van der Waals surface area contributed by atoms with Crippen LogP contribution < -0.4 is 10.1 Å². The van der Waals surface area contributed by atoms with Gasteiger partial charge in [0.2, 0.25) is 0 Å². The smallest absolute Gasteiger partial charge is 0.183 e. The van der Waals surface area contributed by atoms with Crippen molar-refractivity contribution in [2.24, 2.45) is 0 Å². The lowest BCUT2D eigenvalue weighted by atomic mass is 10.1.